The molecule has 0 amide bonds. The van der Waals surface area contributed by atoms with Gasteiger partial charge in [0.15, 0.2) is 0 Å². The Balaban J connectivity index is 1.67. The highest BCUT2D eigenvalue weighted by Crippen LogP contribution is 2.32. The maximum atomic E-state index is 3.59. The second-order valence-electron chi connectivity index (χ2n) is 6.47. The Morgan fingerprint density at radius 3 is 2.67 bits per heavy atom. The SMILES string of the molecule is CCCNCC1CCC1N(C)CC1CCN(C)C1. The Morgan fingerprint density at radius 2 is 2.11 bits per heavy atom. The van der Waals surface area contributed by atoms with Crippen molar-refractivity contribution < 1.29 is 0 Å². The fraction of sp³-hybridized carbons (Fsp3) is 1.00. The Hall–Kier alpha value is -0.120. The zero-order chi connectivity index (χ0) is 13.0. The van der Waals surface area contributed by atoms with Gasteiger partial charge >= 0.3 is 0 Å². The molecule has 3 atom stereocenters. The van der Waals surface area contributed by atoms with E-state index < -0.39 is 0 Å². The van der Waals surface area contributed by atoms with Crippen molar-refractivity contribution >= 4 is 0 Å². The molecule has 0 bridgehead atoms. The van der Waals surface area contributed by atoms with Gasteiger partial charge in [-0.25, -0.2) is 0 Å². The lowest BCUT2D eigenvalue weighted by Gasteiger charge is -2.43. The smallest absolute Gasteiger partial charge is 0.0133 e. The molecule has 3 heteroatoms. The van der Waals surface area contributed by atoms with Gasteiger partial charge in [-0.05, 0) is 71.2 Å². The molecule has 106 valence electrons. The molecule has 0 aromatic heterocycles. The molecule has 1 saturated carbocycles. The topological polar surface area (TPSA) is 18.5 Å². The lowest BCUT2D eigenvalue weighted by atomic mass is 9.78. The third-order valence-electron chi connectivity index (χ3n) is 4.81. The molecule has 3 nitrogen and oxygen atoms in total. The largest absolute Gasteiger partial charge is 0.316 e. The molecular formula is C15H31N3. The lowest BCUT2D eigenvalue weighted by Crippen LogP contribution is -2.50. The van der Waals surface area contributed by atoms with Crippen LogP contribution in [0.1, 0.15) is 32.6 Å². The van der Waals surface area contributed by atoms with E-state index >= 15 is 0 Å². The number of nitrogens with zero attached hydrogens (tertiary/aromatic N) is 2. The minimum absolute atomic E-state index is 0.847. The van der Waals surface area contributed by atoms with Gasteiger partial charge in [-0.3, -0.25) is 0 Å². The minimum atomic E-state index is 0.847. The molecule has 3 unspecified atom stereocenters. The van der Waals surface area contributed by atoms with Crippen LogP contribution in [0.5, 0.6) is 0 Å². The lowest BCUT2D eigenvalue weighted by molar-refractivity contribution is 0.0720. The van der Waals surface area contributed by atoms with E-state index in [-0.39, 0.29) is 0 Å². The fourth-order valence-corrected chi connectivity index (χ4v) is 3.55. The fourth-order valence-electron chi connectivity index (χ4n) is 3.55. The van der Waals surface area contributed by atoms with E-state index in [9.17, 15) is 0 Å². The number of nitrogens with one attached hydrogen (secondary N) is 1. The molecule has 2 aliphatic rings. The normalized spacial score (nSPS) is 33.0. The molecule has 1 heterocycles. The van der Waals surface area contributed by atoms with Crippen LogP contribution in [-0.4, -0.2) is 62.7 Å². The molecule has 1 aliphatic heterocycles. The van der Waals surface area contributed by atoms with Crippen molar-refractivity contribution in [3.8, 4) is 0 Å². The molecule has 0 aromatic rings. The summed E-state index contributed by atoms with van der Waals surface area (Å²) in [6.07, 6.45) is 5.49. The van der Waals surface area contributed by atoms with E-state index in [1.807, 2.05) is 0 Å². The Kier molecular flexibility index (Phi) is 5.46. The second kappa shape index (κ2) is 6.88. The van der Waals surface area contributed by atoms with Crippen molar-refractivity contribution in [2.75, 3.05) is 46.8 Å². The molecule has 1 N–H and O–H groups in total. The van der Waals surface area contributed by atoms with Crippen molar-refractivity contribution in [1.82, 2.24) is 15.1 Å². The monoisotopic (exact) mass is 253 g/mol. The molecule has 0 aromatic carbocycles. The van der Waals surface area contributed by atoms with Crippen LogP contribution in [0.4, 0.5) is 0 Å². The number of likely N-dealkylation sites (tertiary alicyclic amines) is 1. The van der Waals surface area contributed by atoms with Gasteiger partial charge in [0.05, 0.1) is 0 Å². The summed E-state index contributed by atoms with van der Waals surface area (Å²) in [5, 5.41) is 3.59. The summed E-state index contributed by atoms with van der Waals surface area (Å²) in [6.45, 7) is 8.56. The minimum Gasteiger partial charge on any atom is -0.316 e. The molecule has 2 fully saturated rings. The van der Waals surface area contributed by atoms with E-state index in [1.54, 1.807) is 0 Å². The Morgan fingerprint density at radius 1 is 1.28 bits per heavy atom. The van der Waals surface area contributed by atoms with Crippen molar-refractivity contribution in [2.45, 2.75) is 38.6 Å². The first kappa shape index (κ1) is 14.3. The molecule has 0 radical (unpaired) electrons. The standard InChI is InChI=1S/C15H31N3/c1-4-8-16-10-14-5-6-15(14)18(3)12-13-7-9-17(2)11-13/h13-16H,4-12H2,1-3H3. The summed E-state index contributed by atoms with van der Waals surface area (Å²) >= 11 is 0. The van der Waals surface area contributed by atoms with Crippen molar-refractivity contribution in [3.05, 3.63) is 0 Å². The summed E-state index contributed by atoms with van der Waals surface area (Å²) in [5.74, 6) is 1.81. The van der Waals surface area contributed by atoms with Crippen LogP contribution in [-0.2, 0) is 0 Å². The van der Waals surface area contributed by atoms with E-state index in [0.717, 1.165) is 17.9 Å². The second-order valence-corrected chi connectivity index (χ2v) is 6.47. The van der Waals surface area contributed by atoms with Gasteiger partial charge in [-0.1, -0.05) is 6.92 Å². The first-order valence-electron chi connectivity index (χ1n) is 7.80. The van der Waals surface area contributed by atoms with Gasteiger partial charge in [0.1, 0.15) is 0 Å². The molecule has 2 rings (SSSR count). The highest BCUT2D eigenvalue weighted by atomic mass is 15.2. The van der Waals surface area contributed by atoms with E-state index in [2.05, 4.69) is 36.1 Å². The molecule has 18 heavy (non-hydrogen) atoms. The zero-order valence-corrected chi connectivity index (χ0v) is 12.5. The van der Waals surface area contributed by atoms with Crippen LogP contribution in [0, 0.1) is 11.8 Å². The Bertz CT molecular complexity index is 244. The van der Waals surface area contributed by atoms with Crippen molar-refractivity contribution in [3.63, 3.8) is 0 Å². The number of hydrogen-bond donors (Lipinski definition) is 1. The summed E-state index contributed by atoms with van der Waals surface area (Å²) in [7, 11) is 4.59. The van der Waals surface area contributed by atoms with Gasteiger partial charge in [0.2, 0.25) is 0 Å². The predicted octanol–water partition coefficient (Wildman–Crippen LogP) is 1.65. The van der Waals surface area contributed by atoms with Gasteiger partial charge in [-0.15, -0.1) is 0 Å². The Labute approximate surface area is 113 Å². The van der Waals surface area contributed by atoms with Crippen LogP contribution < -0.4 is 5.32 Å². The molecular weight excluding hydrogens is 222 g/mol. The van der Waals surface area contributed by atoms with Gasteiger partial charge in [0, 0.05) is 19.1 Å². The van der Waals surface area contributed by atoms with E-state index in [4.69, 9.17) is 0 Å². The van der Waals surface area contributed by atoms with Gasteiger partial charge in [0.25, 0.3) is 0 Å². The first-order chi connectivity index (χ1) is 8.70. The average Bonchev–Trinajstić information content (AvgIpc) is 2.68. The predicted molar refractivity (Wildman–Crippen MR) is 77.9 cm³/mol. The number of rotatable bonds is 7. The maximum Gasteiger partial charge on any atom is 0.0133 e. The summed E-state index contributed by atoms with van der Waals surface area (Å²) in [5.41, 5.74) is 0. The van der Waals surface area contributed by atoms with Crippen LogP contribution in [0.3, 0.4) is 0 Å². The first-order valence-corrected chi connectivity index (χ1v) is 7.80. The average molecular weight is 253 g/mol. The third-order valence-corrected chi connectivity index (χ3v) is 4.81. The summed E-state index contributed by atoms with van der Waals surface area (Å²) in [4.78, 5) is 5.12. The highest BCUT2D eigenvalue weighted by Gasteiger charge is 2.34. The van der Waals surface area contributed by atoms with Crippen LogP contribution in [0.15, 0.2) is 0 Å². The summed E-state index contributed by atoms with van der Waals surface area (Å²) < 4.78 is 0. The van der Waals surface area contributed by atoms with E-state index in [1.165, 1.54) is 58.4 Å². The third kappa shape index (κ3) is 3.69. The molecule has 1 saturated heterocycles. The van der Waals surface area contributed by atoms with Crippen molar-refractivity contribution in [1.29, 1.82) is 0 Å². The molecule has 1 aliphatic carbocycles. The van der Waals surface area contributed by atoms with Crippen LogP contribution in [0.2, 0.25) is 0 Å². The van der Waals surface area contributed by atoms with Crippen molar-refractivity contribution in [2.24, 2.45) is 11.8 Å². The number of hydrogen-bond acceptors (Lipinski definition) is 3. The van der Waals surface area contributed by atoms with Crippen LogP contribution >= 0.6 is 0 Å². The zero-order valence-electron chi connectivity index (χ0n) is 12.5. The summed E-state index contributed by atoms with van der Waals surface area (Å²) in [6, 6.07) is 0.847. The molecule has 0 spiro atoms. The van der Waals surface area contributed by atoms with Gasteiger partial charge in [-0.2, -0.15) is 0 Å². The van der Waals surface area contributed by atoms with Crippen LogP contribution in [0.25, 0.3) is 0 Å². The highest BCUT2D eigenvalue weighted by molar-refractivity contribution is 4.90. The van der Waals surface area contributed by atoms with E-state index in [0.29, 0.717) is 0 Å². The van der Waals surface area contributed by atoms with Gasteiger partial charge < -0.3 is 15.1 Å². The maximum absolute atomic E-state index is 3.59. The quantitative estimate of drug-likeness (QED) is 0.696.